The van der Waals surface area contributed by atoms with Gasteiger partial charge in [-0.3, -0.25) is 4.98 Å². The van der Waals surface area contributed by atoms with Crippen LogP contribution in [0.3, 0.4) is 0 Å². The van der Waals surface area contributed by atoms with Gasteiger partial charge in [0.15, 0.2) is 0 Å². The molecule has 0 spiro atoms. The van der Waals surface area contributed by atoms with Crippen LogP contribution in [-0.4, -0.2) is 14.5 Å². The van der Waals surface area contributed by atoms with Crippen molar-refractivity contribution in [1.82, 2.24) is 14.5 Å². The highest BCUT2D eigenvalue weighted by molar-refractivity contribution is 6.33. The Morgan fingerprint density at radius 1 is 1.30 bits per heavy atom. The predicted octanol–water partition coefficient (Wildman–Crippen LogP) is 4.06. The maximum atomic E-state index is 5.99. The van der Waals surface area contributed by atoms with Gasteiger partial charge in [0.25, 0.3) is 0 Å². The molecule has 6 heteroatoms. The Labute approximate surface area is 146 Å². The van der Waals surface area contributed by atoms with Gasteiger partial charge in [0.1, 0.15) is 0 Å². The quantitative estimate of drug-likeness (QED) is 0.800. The molecule has 120 valence electrons. The van der Waals surface area contributed by atoms with Gasteiger partial charge in [0, 0.05) is 23.3 Å². The fourth-order valence-corrected chi connectivity index (χ4v) is 2.48. The molecule has 0 bridgehead atoms. The van der Waals surface area contributed by atoms with Crippen molar-refractivity contribution < 1.29 is 0 Å². The molecule has 0 aromatic carbocycles. The highest BCUT2D eigenvalue weighted by Gasteiger charge is 2.11. The van der Waals surface area contributed by atoms with Crippen molar-refractivity contribution in [1.29, 1.82) is 0 Å². The van der Waals surface area contributed by atoms with Crippen LogP contribution in [-0.2, 0) is 13.1 Å². The van der Waals surface area contributed by atoms with Crippen molar-refractivity contribution in [2.75, 3.05) is 0 Å². The number of nitrogens with two attached hydrogens (primary N) is 1. The summed E-state index contributed by atoms with van der Waals surface area (Å²) >= 11 is 11.5. The molecule has 0 aliphatic carbocycles. The van der Waals surface area contributed by atoms with Crippen LogP contribution in [0.1, 0.15) is 24.0 Å². The van der Waals surface area contributed by atoms with E-state index in [-0.39, 0.29) is 0 Å². The number of hydrogen-bond donors (Lipinski definition) is 1. The van der Waals surface area contributed by atoms with Gasteiger partial charge in [-0.15, -0.1) is 0 Å². The van der Waals surface area contributed by atoms with E-state index in [4.69, 9.17) is 28.9 Å². The van der Waals surface area contributed by atoms with Gasteiger partial charge in [0.05, 0.1) is 30.0 Å². The minimum absolute atomic E-state index is 0.395. The first-order chi connectivity index (χ1) is 11.2. The summed E-state index contributed by atoms with van der Waals surface area (Å²) < 4.78 is 2.01. The summed E-state index contributed by atoms with van der Waals surface area (Å²) in [5.41, 5.74) is 11.0. The average Bonchev–Trinajstić information content (AvgIpc) is 2.96. The predicted molar refractivity (Wildman–Crippen MR) is 96.0 cm³/mol. The third-order valence-corrected chi connectivity index (χ3v) is 3.66. The molecule has 2 aromatic rings. The van der Waals surface area contributed by atoms with E-state index in [0.29, 0.717) is 18.1 Å². The first kappa shape index (κ1) is 17.5. The molecule has 0 amide bonds. The first-order valence-electron chi connectivity index (χ1n) is 7.11. The summed E-state index contributed by atoms with van der Waals surface area (Å²) in [4.78, 5) is 8.81. The second-order valence-electron chi connectivity index (χ2n) is 4.89. The molecular weight excluding hydrogens is 331 g/mol. The zero-order valence-electron chi connectivity index (χ0n) is 12.8. The van der Waals surface area contributed by atoms with Crippen molar-refractivity contribution in [3.63, 3.8) is 0 Å². The number of aromatic nitrogens is 3. The van der Waals surface area contributed by atoms with Crippen LogP contribution in [0.15, 0.2) is 59.5 Å². The maximum Gasteiger partial charge on any atom is 0.0959 e. The van der Waals surface area contributed by atoms with E-state index in [1.807, 2.05) is 35.8 Å². The van der Waals surface area contributed by atoms with Crippen LogP contribution in [0, 0.1) is 0 Å². The molecule has 23 heavy (non-hydrogen) atoms. The largest absolute Gasteiger partial charge is 0.327 e. The molecule has 2 rings (SSSR count). The van der Waals surface area contributed by atoms with Gasteiger partial charge in [-0.2, -0.15) is 0 Å². The molecule has 0 unspecified atom stereocenters. The van der Waals surface area contributed by atoms with E-state index in [1.54, 1.807) is 24.7 Å². The molecule has 2 heterocycles. The molecule has 0 aliphatic rings. The van der Waals surface area contributed by atoms with Gasteiger partial charge < -0.3 is 10.3 Å². The van der Waals surface area contributed by atoms with Crippen molar-refractivity contribution in [3.05, 3.63) is 76.6 Å². The Morgan fingerprint density at radius 3 is 2.78 bits per heavy atom. The third kappa shape index (κ3) is 4.79. The molecule has 2 N–H and O–H groups in total. The average molecular weight is 349 g/mol. The molecule has 0 radical (unpaired) electrons. The normalized spacial score (nSPS) is 13.0. The fraction of sp³-hybridized carbons (Fsp3) is 0.176. The van der Waals surface area contributed by atoms with Crippen LogP contribution in [0.4, 0.5) is 0 Å². The lowest BCUT2D eigenvalue weighted by Crippen LogP contribution is -2.10. The van der Waals surface area contributed by atoms with Crippen LogP contribution in [0.2, 0.25) is 0 Å². The second-order valence-corrected chi connectivity index (χ2v) is 5.58. The summed E-state index contributed by atoms with van der Waals surface area (Å²) in [6, 6.07) is 5.83. The minimum Gasteiger partial charge on any atom is -0.327 e. The summed E-state index contributed by atoms with van der Waals surface area (Å²) in [5.74, 6) is 0. The highest BCUT2D eigenvalue weighted by Crippen LogP contribution is 2.19. The van der Waals surface area contributed by atoms with Crippen molar-refractivity contribution >= 4 is 28.8 Å². The number of nitrogens with zero attached hydrogens (tertiary/aromatic N) is 3. The molecule has 0 saturated carbocycles. The van der Waals surface area contributed by atoms with Crippen LogP contribution in [0.5, 0.6) is 0 Å². The van der Waals surface area contributed by atoms with Crippen molar-refractivity contribution in [2.24, 2.45) is 5.73 Å². The van der Waals surface area contributed by atoms with E-state index in [0.717, 1.165) is 22.7 Å². The molecule has 0 atom stereocenters. The Kier molecular flexibility index (Phi) is 6.59. The van der Waals surface area contributed by atoms with E-state index >= 15 is 0 Å². The molecule has 0 fully saturated rings. The fourth-order valence-electron chi connectivity index (χ4n) is 2.15. The minimum atomic E-state index is 0.395. The Hall–Kier alpha value is -1.88. The number of rotatable bonds is 6. The zero-order valence-corrected chi connectivity index (χ0v) is 14.3. The van der Waals surface area contributed by atoms with E-state index < -0.39 is 0 Å². The smallest absolute Gasteiger partial charge is 0.0959 e. The maximum absolute atomic E-state index is 5.99. The van der Waals surface area contributed by atoms with Gasteiger partial charge in [-0.25, -0.2) is 4.98 Å². The Bertz CT molecular complexity index is 730. The molecule has 4 nitrogen and oxygen atoms in total. The highest BCUT2D eigenvalue weighted by atomic mass is 35.5. The Morgan fingerprint density at radius 2 is 2.13 bits per heavy atom. The lowest BCUT2D eigenvalue weighted by molar-refractivity contribution is 0.722. The molecule has 0 aliphatic heterocycles. The number of hydrogen-bond acceptors (Lipinski definition) is 3. The third-order valence-electron chi connectivity index (χ3n) is 3.29. The molecule has 0 saturated heterocycles. The zero-order chi connectivity index (χ0) is 16.7. The summed E-state index contributed by atoms with van der Waals surface area (Å²) in [6.07, 6.45) is 8.83. The molecular formula is C17H18Cl2N4. The summed E-state index contributed by atoms with van der Waals surface area (Å²) in [6.45, 7) is 3.00. The standard InChI is InChI=1S/C17H18Cl2N4/c1-13(5-6-14(19)7-8-18)17-16(10-20)23(12-22-17)11-15-4-2-3-9-21-15/h2-9,12H,10-11,20H2,1H3/b8-7+,13-5+,14-6+. The lowest BCUT2D eigenvalue weighted by Gasteiger charge is -2.08. The van der Waals surface area contributed by atoms with E-state index in [9.17, 15) is 0 Å². The number of imidazole rings is 1. The van der Waals surface area contributed by atoms with Gasteiger partial charge in [-0.05, 0) is 36.8 Å². The van der Waals surface area contributed by atoms with Gasteiger partial charge in [-0.1, -0.05) is 35.3 Å². The summed E-state index contributed by atoms with van der Waals surface area (Å²) in [7, 11) is 0. The van der Waals surface area contributed by atoms with Gasteiger partial charge >= 0.3 is 0 Å². The van der Waals surface area contributed by atoms with E-state index in [2.05, 4.69) is 9.97 Å². The van der Waals surface area contributed by atoms with Crippen LogP contribution >= 0.6 is 23.2 Å². The summed E-state index contributed by atoms with van der Waals surface area (Å²) in [5, 5.41) is 0.543. The topological polar surface area (TPSA) is 56.7 Å². The second kappa shape index (κ2) is 8.67. The van der Waals surface area contributed by atoms with Crippen LogP contribution < -0.4 is 5.73 Å². The molecule has 2 aromatic heterocycles. The number of halogens is 2. The van der Waals surface area contributed by atoms with Crippen LogP contribution in [0.25, 0.3) is 5.57 Å². The SMILES string of the molecule is C\C(=C/C=C(Cl)\C=C\Cl)c1ncn(Cc2ccccn2)c1CN. The van der Waals surface area contributed by atoms with Crippen molar-refractivity contribution in [3.8, 4) is 0 Å². The van der Waals surface area contributed by atoms with E-state index in [1.165, 1.54) is 5.54 Å². The number of pyridine rings is 1. The van der Waals surface area contributed by atoms with Gasteiger partial charge in [0.2, 0.25) is 0 Å². The monoisotopic (exact) mass is 348 g/mol. The Balaban J connectivity index is 2.27. The lowest BCUT2D eigenvalue weighted by atomic mass is 10.1. The van der Waals surface area contributed by atoms with Crippen molar-refractivity contribution in [2.45, 2.75) is 20.0 Å². The number of allylic oxidation sites excluding steroid dienone is 5. The first-order valence-corrected chi connectivity index (χ1v) is 7.92.